The molecule has 1 aliphatic rings. The van der Waals surface area contributed by atoms with E-state index in [0.717, 1.165) is 38.0 Å². The fourth-order valence-electron chi connectivity index (χ4n) is 3.24. The van der Waals surface area contributed by atoms with E-state index in [1.807, 2.05) is 26.0 Å². The Morgan fingerprint density at radius 1 is 1.12 bits per heavy atom. The molecule has 1 saturated heterocycles. The predicted molar refractivity (Wildman–Crippen MR) is 97.4 cm³/mol. The lowest BCUT2D eigenvalue weighted by Gasteiger charge is -2.31. The third kappa shape index (κ3) is 5.01. The number of amides is 1. The van der Waals surface area contributed by atoms with Crippen molar-refractivity contribution < 1.29 is 19.0 Å². The number of hydrogen-bond acceptors (Lipinski definition) is 5. The summed E-state index contributed by atoms with van der Waals surface area (Å²) < 4.78 is 16.2. The van der Waals surface area contributed by atoms with Gasteiger partial charge in [0.2, 0.25) is 11.7 Å². The van der Waals surface area contributed by atoms with Crippen LogP contribution in [0.3, 0.4) is 0 Å². The molecule has 25 heavy (non-hydrogen) atoms. The zero-order chi connectivity index (χ0) is 18.4. The number of ether oxygens (including phenoxy) is 3. The summed E-state index contributed by atoms with van der Waals surface area (Å²) in [4.78, 5) is 14.5. The number of likely N-dealkylation sites (tertiary alicyclic amines) is 1. The standard InChI is InChI=1S/C19H30N2O4/c1-13(2)20-19(22)15-6-8-21(9-7-15)12-14-10-16(23-3)18(25-5)17(11-14)24-4/h10-11,13,15H,6-9,12H2,1-5H3,(H,20,22). The number of hydrogen-bond donors (Lipinski definition) is 1. The molecule has 6 heteroatoms. The summed E-state index contributed by atoms with van der Waals surface area (Å²) >= 11 is 0. The molecule has 0 saturated carbocycles. The minimum atomic E-state index is 0.124. The Morgan fingerprint density at radius 3 is 2.12 bits per heavy atom. The molecule has 1 fully saturated rings. The van der Waals surface area contributed by atoms with E-state index in [4.69, 9.17) is 14.2 Å². The van der Waals surface area contributed by atoms with Crippen LogP contribution in [0.25, 0.3) is 0 Å². The van der Waals surface area contributed by atoms with Gasteiger partial charge >= 0.3 is 0 Å². The molecule has 1 aromatic rings. The molecule has 140 valence electrons. The molecule has 6 nitrogen and oxygen atoms in total. The first-order valence-electron chi connectivity index (χ1n) is 8.80. The summed E-state index contributed by atoms with van der Waals surface area (Å²) in [6.45, 7) is 6.61. The van der Waals surface area contributed by atoms with Crippen molar-refractivity contribution in [1.29, 1.82) is 0 Å². The first-order valence-corrected chi connectivity index (χ1v) is 8.80. The van der Waals surface area contributed by atoms with Crippen molar-refractivity contribution in [3.8, 4) is 17.2 Å². The van der Waals surface area contributed by atoms with Crippen molar-refractivity contribution in [1.82, 2.24) is 10.2 Å². The molecule has 1 aliphatic heterocycles. The van der Waals surface area contributed by atoms with Crippen molar-refractivity contribution in [2.75, 3.05) is 34.4 Å². The highest BCUT2D eigenvalue weighted by molar-refractivity contribution is 5.79. The van der Waals surface area contributed by atoms with Crippen LogP contribution in [0.4, 0.5) is 0 Å². The van der Waals surface area contributed by atoms with Crippen LogP contribution < -0.4 is 19.5 Å². The molecular weight excluding hydrogens is 320 g/mol. The van der Waals surface area contributed by atoms with E-state index in [9.17, 15) is 4.79 Å². The summed E-state index contributed by atoms with van der Waals surface area (Å²) in [7, 11) is 4.85. The summed E-state index contributed by atoms with van der Waals surface area (Å²) in [6.07, 6.45) is 1.78. The maximum atomic E-state index is 12.1. The topological polar surface area (TPSA) is 60.0 Å². The smallest absolute Gasteiger partial charge is 0.223 e. The molecule has 1 N–H and O–H groups in total. The van der Waals surface area contributed by atoms with Gasteiger partial charge in [-0.15, -0.1) is 0 Å². The maximum absolute atomic E-state index is 12.1. The van der Waals surface area contributed by atoms with Gasteiger partial charge in [0.05, 0.1) is 21.3 Å². The Kier molecular flexibility index (Phi) is 6.93. The van der Waals surface area contributed by atoms with Crippen molar-refractivity contribution in [2.45, 2.75) is 39.3 Å². The van der Waals surface area contributed by atoms with Crippen molar-refractivity contribution in [3.63, 3.8) is 0 Å². The molecular formula is C19H30N2O4. The summed E-state index contributed by atoms with van der Waals surface area (Å²) in [5.74, 6) is 2.25. The number of nitrogens with zero attached hydrogens (tertiary/aromatic N) is 1. The van der Waals surface area contributed by atoms with E-state index in [-0.39, 0.29) is 17.9 Å². The zero-order valence-corrected chi connectivity index (χ0v) is 15.9. The molecule has 0 radical (unpaired) electrons. The van der Waals surface area contributed by atoms with Gasteiger partial charge in [-0.25, -0.2) is 0 Å². The number of piperidine rings is 1. The van der Waals surface area contributed by atoms with Crippen LogP contribution in [0.15, 0.2) is 12.1 Å². The first kappa shape index (κ1) is 19.4. The van der Waals surface area contributed by atoms with Crippen LogP contribution in [-0.2, 0) is 11.3 Å². The van der Waals surface area contributed by atoms with E-state index in [0.29, 0.717) is 17.2 Å². The summed E-state index contributed by atoms with van der Waals surface area (Å²) in [5.41, 5.74) is 1.11. The fourth-order valence-corrected chi connectivity index (χ4v) is 3.24. The lowest BCUT2D eigenvalue weighted by Crippen LogP contribution is -2.42. The van der Waals surface area contributed by atoms with Gasteiger partial charge in [-0.1, -0.05) is 0 Å². The monoisotopic (exact) mass is 350 g/mol. The average molecular weight is 350 g/mol. The maximum Gasteiger partial charge on any atom is 0.223 e. The molecule has 1 heterocycles. The van der Waals surface area contributed by atoms with Gasteiger partial charge in [-0.2, -0.15) is 0 Å². The quantitative estimate of drug-likeness (QED) is 0.818. The number of rotatable bonds is 7. The van der Waals surface area contributed by atoms with Crippen molar-refractivity contribution >= 4 is 5.91 Å². The lowest BCUT2D eigenvalue weighted by molar-refractivity contribution is -0.127. The lowest BCUT2D eigenvalue weighted by atomic mass is 9.95. The highest BCUT2D eigenvalue weighted by Crippen LogP contribution is 2.38. The number of benzene rings is 1. The SMILES string of the molecule is COc1cc(CN2CCC(C(=O)NC(C)C)CC2)cc(OC)c1OC. The van der Waals surface area contributed by atoms with Crippen LogP contribution in [0.1, 0.15) is 32.3 Å². The van der Waals surface area contributed by atoms with E-state index in [1.165, 1.54) is 0 Å². The Morgan fingerprint density at radius 2 is 1.68 bits per heavy atom. The third-order valence-corrected chi connectivity index (χ3v) is 4.52. The Hall–Kier alpha value is -1.95. The molecule has 0 aromatic heterocycles. The first-order chi connectivity index (χ1) is 12.0. The van der Waals surface area contributed by atoms with Gasteiger partial charge in [-0.05, 0) is 57.5 Å². The van der Waals surface area contributed by atoms with Crippen LogP contribution >= 0.6 is 0 Å². The summed E-state index contributed by atoms with van der Waals surface area (Å²) in [5, 5.41) is 3.02. The molecule has 0 unspecified atom stereocenters. The molecule has 0 atom stereocenters. The van der Waals surface area contributed by atoms with Crippen LogP contribution in [-0.4, -0.2) is 51.3 Å². The Bertz CT molecular complexity index is 556. The number of carbonyl (C=O) groups is 1. The van der Waals surface area contributed by atoms with E-state index < -0.39 is 0 Å². The molecule has 1 aromatic carbocycles. The van der Waals surface area contributed by atoms with Gasteiger partial charge in [0.25, 0.3) is 0 Å². The molecule has 0 spiro atoms. The molecule has 0 aliphatic carbocycles. The number of nitrogens with one attached hydrogen (secondary N) is 1. The largest absolute Gasteiger partial charge is 0.493 e. The normalized spacial score (nSPS) is 15.9. The molecule has 0 bridgehead atoms. The van der Waals surface area contributed by atoms with Gasteiger partial charge in [-0.3, -0.25) is 9.69 Å². The highest BCUT2D eigenvalue weighted by Gasteiger charge is 2.25. The molecule has 2 rings (SSSR count). The number of carbonyl (C=O) groups excluding carboxylic acids is 1. The van der Waals surface area contributed by atoms with Gasteiger partial charge in [0.15, 0.2) is 11.5 Å². The third-order valence-electron chi connectivity index (χ3n) is 4.52. The van der Waals surface area contributed by atoms with Crippen LogP contribution in [0.5, 0.6) is 17.2 Å². The van der Waals surface area contributed by atoms with Crippen molar-refractivity contribution in [3.05, 3.63) is 17.7 Å². The molecule has 1 amide bonds. The Labute approximate surface area is 150 Å². The van der Waals surface area contributed by atoms with Gasteiger partial charge in [0.1, 0.15) is 0 Å². The van der Waals surface area contributed by atoms with Gasteiger partial charge < -0.3 is 19.5 Å². The van der Waals surface area contributed by atoms with E-state index in [1.54, 1.807) is 21.3 Å². The zero-order valence-electron chi connectivity index (χ0n) is 15.9. The second-order valence-corrected chi connectivity index (χ2v) is 6.75. The number of methoxy groups -OCH3 is 3. The predicted octanol–water partition coefficient (Wildman–Crippen LogP) is 2.45. The summed E-state index contributed by atoms with van der Waals surface area (Å²) in [6, 6.07) is 4.17. The van der Waals surface area contributed by atoms with E-state index in [2.05, 4.69) is 10.2 Å². The Balaban J connectivity index is 1.99. The second kappa shape index (κ2) is 8.94. The van der Waals surface area contributed by atoms with Crippen molar-refractivity contribution in [2.24, 2.45) is 5.92 Å². The van der Waals surface area contributed by atoms with Crippen LogP contribution in [0, 0.1) is 5.92 Å². The second-order valence-electron chi connectivity index (χ2n) is 6.75. The minimum absolute atomic E-state index is 0.124. The van der Waals surface area contributed by atoms with Crippen LogP contribution in [0.2, 0.25) is 0 Å². The van der Waals surface area contributed by atoms with E-state index >= 15 is 0 Å². The van der Waals surface area contributed by atoms with Gasteiger partial charge in [0, 0.05) is 18.5 Å². The minimum Gasteiger partial charge on any atom is -0.493 e. The average Bonchev–Trinajstić information content (AvgIpc) is 2.60. The highest BCUT2D eigenvalue weighted by atomic mass is 16.5. The fraction of sp³-hybridized carbons (Fsp3) is 0.632.